The molecule has 55 heavy (non-hydrogen) atoms. The van der Waals surface area contributed by atoms with Crippen LogP contribution in [0.5, 0.6) is 0 Å². The molecule has 0 bridgehead atoms. The Morgan fingerprint density at radius 3 is 1.60 bits per heavy atom. The van der Waals surface area contributed by atoms with Crippen LogP contribution < -0.4 is 0 Å². The van der Waals surface area contributed by atoms with Crippen molar-refractivity contribution in [1.82, 2.24) is 0 Å². The SMILES string of the molecule is CC(C)(C)C1=[C-]C(C)(C)c2cc3c(cc21)-c1cc2c(cc1C3)C(C)(C)C=C2C(C)(C)C.Cl.Cl.Clc1ccc([CH]=[Zr]=[CH]c2ccc(Cl)cc2)cc1.[C-]1=CC=CC1. The van der Waals surface area contributed by atoms with E-state index in [-0.39, 0.29) is 46.5 Å². The van der Waals surface area contributed by atoms with Gasteiger partial charge in [-0.15, -0.1) is 42.9 Å². The Labute approximate surface area is 364 Å². The van der Waals surface area contributed by atoms with E-state index in [1.54, 1.807) is 0 Å². The van der Waals surface area contributed by atoms with Crippen molar-refractivity contribution in [2.24, 2.45) is 10.8 Å². The minimum Gasteiger partial charge on any atom is -0.273 e. The molecule has 0 spiro atoms. The van der Waals surface area contributed by atoms with Crippen LogP contribution in [-0.4, -0.2) is 7.42 Å². The molecule has 8 rings (SSSR count). The minimum absolute atomic E-state index is 0. The van der Waals surface area contributed by atoms with E-state index >= 15 is 0 Å². The molecule has 0 radical (unpaired) electrons. The van der Waals surface area contributed by atoms with Gasteiger partial charge in [0.05, 0.1) is 0 Å². The van der Waals surface area contributed by atoms with Crippen molar-refractivity contribution in [2.75, 3.05) is 0 Å². The number of hydrogen-bond acceptors (Lipinski definition) is 0. The topological polar surface area (TPSA) is 0 Å². The summed E-state index contributed by atoms with van der Waals surface area (Å²) in [6.07, 6.45) is 17.4. The van der Waals surface area contributed by atoms with Gasteiger partial charge in [-0.1, -0.05) is 92.9 Å². The zero-order chi connectivity index (χ0) is 38.3. The first-order valence-electron chi connectivity index (χ1n) is 18.7. The maximum absolute atomic E-state index is 5.84. The fraction of sp³-hybridized carbons (Fsp3) is 0.320. The summed E-state index contributed by atoms with van der Waals surface area (Å²) in [5.41, 5.74) is 17.4. The second-order valence-electron chi connectivity index (χ2n) is 17.8. The molecule has 0 aliphatic heterocycles. The van der Waals surface area contributed by atoms with E-state index in [9.17, 15) is 0 Å². The number of allylic oxidation sites excluding steroid dienone is 8. The van der Waals surface area contributed by atoms with Crippen molar-refractivity contribution in [3.8, 4) is 11.1 Å². The number of fused-ring (bicyclic) bond motifs is 5. The van der Waals surface area contributed by atoms with Gasteiger partial charge in [-0.05, 0) is 62.3 Å². The standard InChI is InChI=1S/C31H37.2C7H5Cl.C5H5.2ClH.Zr/c1-28(2,3)26-16-30(7,8)24-12-18-11-19-13-25-23(15-21(19)20(18)14-22(24)26)27(29(4,5)6)17-31(25,9)10;2*1-6-2-4-7(8)5-3-6;1-2-4-5-3-1;;;/h12-16H,11H2,1-10H3;2*1-5H;1-3H,4H2;2*1H;/q-1;;;-1;;;. The van der Waals surface area contributed by atoms with Crippen LogP contribution in [0.2, 0.25) is 10.0 Å². The number of rotatable bonds is 2. The van der Waals surface area contributed by atoms with E-state index < -0.39 is 22.3 Å². The fourth-order valence-corrected chi connectivity index (χ4v) is 9.98. The summed E-state index contributed by atoms with van der Waals surface area (Å²) < 4.78 is 4.66. The Hall–Kier alpha value is -2.38. The van der Waals surface area contributed by atoms with Crippen molar-refractivity contribution >= 4 is 66.6 Å². The van der Waals surface area contributed by atoms with E-state index in [2.05, 4.69) is 149 Å². The molecule has 0 unspecified atom stereocenters. The molecule has 0 amide bonds. The van der Waals surface area contributed by atoms with Crippen molar-refractivity contribution in [3.05, 3.63) is 164 Å². The molecule has 4 aromatic carbocycles. The molecule has 0 fully saturated rings. The average molecular weight is 888 g/mol. The second kappa shape index (κ2) is 17.6. The van der Waals surface area contributed by atoms with Crippen molar-refractivity contribution in [1.29, 1.82) is 0 Å². The third-order valence-corrected chi connectivity index (χ3v) is 13.4. The summed E-state index contributed by atoms with van der Waals surface area (Å²) >= 11 is 11.0. The van der Waals surface area contributed by atoms with Crippen molar-refractivity contribution in [3.63, 3.8) is 0 Å². The maximum atomic E-state index is 5.84. The maximum Gasteiger partial charge on any atom is -0.109 e. The molecule has 4 aliphatic carbocycles. The van der Waals surface area contributed by atoms with E-state index in [0.717, 1.165) is 22.9 Å². The first kappa shape index (κ1) is 45.3. The van der Waals surface area contributed by atoms with Gasteiger partial charge >= 0.3 is 123 Å². The van der Waals surface area contributed by atoms with Crippen LogP contribution in [0.3, 0.4) is 0 Å². The molecule has 288 valence electrons. The summed E-state index contributed by atoms with van der Waals surface area (Å²) in [5, 5.41) is 1.57. The summed E-state index contributed by atoms with van der Waals surface area (Å²) in [6, 6.07) is 25.9. The Kier molecular flexibility index (Phi) is 14.5. The van der Waals surface area contributed by atoms with Gasteiger partial charge in [-0.3, -0.25) is 12.2 Å². The average Bonchev–Trinajstić information content (AvgIpc) is 3.87. The summed E-state index contributed by atoms with van der Waals surface area (Å²) in [7, 11) is 0. The largest absolute Gasteiger partial charge is 0.273 e. The Morgan fingerprint density at radius 1 is 0.655 bits per heavy atom. The van der Waals surface area contributed by atoms with Crippen LogP contribution in [0.15, 0.2) is 97.1 Å². The molecule has 0 atom stereocenters. The van der Waals surface area contributed by atoms with E-state index in [1.807, 2.05) is 36.4 Å². The predicted octanol–water partition coefficient (Wildman–Crippen LogP) is 14.7. The van der Waals surface area contributed by atoms with E-state index in [1.165, 1.54) is 66.8 Å². The minimum atomic E-state index is -0.623. The zero-order valence-corrected chi connectivity index (χ0v) is 39.5. The summed E-state index contributed by atoms with van der Waals surface area (Å²) in [5.74, 6) is 0. The second-order valence-corrected chi connectivity index (χ2v) is 20.9. The van der Waals surface area contributed by atoms with Crippen LogP contribution in [0, 0.1) is 23.0 Å². The monoisotopic (exact) mass is 884 g/mol. The quantitative estimate of drug-likeness (QED) is 0.155. The fourth-order valence-electron chi connectivity index (χ4n) is 7.64. The molecule has 0 heterocycles. The van der Waals surface area contributed by atoms with Crippen LogP contribution in [0.4, 0.5) is 0 Å². The third kappa shape index (κ3) is 10.4. The van der Waals surface area contributed by atoms with Crippen molar-refractivity contribution < 1.29 is 22.3 Å². The first-order chi connectivity index (χ1) is 24.8. The van der Waals surface area contributed by atoms with Gasteiger partial charge in [0.2, 0.25) is 0 Å². The molecule has 0 nitrogen and oxygen atoms in total. The first-order valence-corrected chi connectivity index (χ1v) is 22.3. The summed E-state index contributed by atoms with van der Waals surface area (Å²) in [4.78, 5) is 0. The molecular formula is C50H54Cl4Zr-2. The number of hydrogen-bond donors (Lipinski definition) is 0. The van der Waals surface area contributed by atoms with Crippen LogP contribution in [0.25, 0.3) is 22.3 Å². The molecule has 0 saturated carbocycles. The molecule has 4 aromatic rings. The van der Waals surface area contributed by atoms with Crippen LogP contribution in [-0.2, 0) is 39.5 Å². The van der Waals surface area contributed by atoms with Gasteiger partial charge in [-0.25, -0.2) is 17.7 Å². The molecule has 4 aliphatic rings. The van der Waals surface area contributed by atoms with Gasteiger partial charge in [0, 0.05) is 5.41 Å². The normalized spacial score (nSPS) is 15.9. The predicted molar refractivity (Wildman–Crippen MR) is 244 cm³/mol. The molecule has 5 heteroatoms. The van der Waals surface area contributed by atoms with Crippen LogP contribution in [0.1, 0.15) is 120 Å². The Balaban J connectivity index is 0.000000236. The van der Waals surface area contributed by atoms with Gasteiger partial charge in [-0.2, -0.15) is 11.6 Å². The van der Waals surface area contributed by atoms with Gasteiger partial charge in [0.15, 0.2) is 0 Å². The molecule has 0 N–H and O–H groups in total. The van der Waals surface area contributed by atoms with Crippen LogP contribution >= 0.6 is 48.0 Å². The summed E-state index contributed by atoms with van der Waals surface area (Å²) in [6.45, 7) is 23.3. The zero-order valence-electron chi connectivity index (χ0n) is 33.9. The molecule has 0 aromatic heterocycles. The van der Waals surface area contributed by atoms with Gasteiger partial charge in [0.25, 0.3) is 0 Å². The smallest absolute Gasteiger partial charge is 0.109 e. The molecular weight excluding hydrogens is 834 g/mol. The van der Waals surface area contributed by atoms with Crippen molar-refractivity contribution in [2.45, 2.75) is 92.9 Å². The van der Waals surface area contributed by atoms with Gasteiger partial charge < -0.3 is 0 Å². The third-order valence-electron chi connectivity index (χ3n) is 10.4. The Bertz CT molecular complexity index is 2070. The van der Waals surface area contributed by atoms with E-state index in [0.29, 0.717) is 0 Å². The number of benzene rings is 4. The number of halogens is 4. The van der Waals surface area contributed by atoms with E-state index in [4.69, 9.17) is 23.2 Å². The van der Waals surface area contributed by atoms with Gasteiger partial charge in [0.1, 0.15) is 0 Å². The Morgan fingerprint density at radius 2 is 1.16 bits per heavy atom. The molecule has 0 saturated heterocycles.